The predicted octanol–water partition coefficient (Wildman–Crippen LogP) is 3.80. The number of amides is 1. The fraction of sp³-hybridized carbons (Fsp3) is 0.217. The molecule has 1 amide bonds. The first-order valence-corrected chi connectivity index (χ1v) is 9.39. The van der Waals surface area contributed by atoms with E-state index in [9.17, 15) is 4.79 Å². The standard InChI is InChI=1S/C23H20N2O3/c1-27-21-7-6-18(25-14-17-8-9-24-13-20(17)23(25)26)12-22(21)28-19-10-15-4-2-3-5-16(15)11-19/h2-9,12-13,19H,10-11,14H2,1H3. The van der Waals surface area contributed by atoms with Gasteiger partial charge in [0, 0.05) is 37.0 Å². The summed E-state index contributed by atoms with van der Waals surface area (Å²) in [6.07, 6.45) is 5.17. The lowest BCUT2D eigenvalue weighted by atomic mass is 10.1. The molecule has 28 heavy (non-hydrogen) atoms. The maximum absolute atomic E-state index is 12.8. The van der Waals surface area contributed by atoms with Crippen LogP contribution in [0.15, 0.2) is 60.9 Å². The second kappa shape index (κ2) is 6.68. The van der Waals surface area contributed by atoms with Crippen molar-refractivity contribution < 1.29 is 14.3 Å². The van der Waals surface area contributed by atoms with E-state index in [0.29, 0.717) is 23.6 Å². The molecule has 5 rings (SSSR count). The highest BCUT2D eigenvalue weighted by atomic mass is 16.5. The van der Waals surface area contributed by atoms with E-state index in [1.165, 1.54) is 11.1 Å². The minimum Gasteiger partial charge on any atom is -0.493 e. The Morgan fingerprint density at radius 1 is 1.00 bits per heavy atom. The number of benzene rings is 2. The van der Waals surface area contributed by atoms with E-state index in [4.69, 9.17) is 9.47 Å². The zero-order valence-corrected chi connectivity index (χ0v) is 15.6. The van der Waals surface area contributed by atoms with E-state index < -0.39 is 0 Å². The second-order valence-electron chi connectivity index (χ2n) is 7.18. The van der Waals surface area contributed by atoms with Crippen molar-refractivity contribution >= 4 is 11.6 Å². The number of pyridine rings is 1. The van der Waals surface area contributed by atoms with Crippen LogP contribution >= 0.6 is 0 Å². The summed E-state index contributed by atoms with van der Waals surface area (Å²) in [6, 6.07) is 16.0. The van der Waals surface area contributed by atoms with Gasteiger partial charge in [0.25, 0.3) is 5.91 Å². The average molecular weight is 372 g/mol. The number of anilines is 1. The Balaban J connectivity index is 1.41. The molecule has 5 nitrogen and oxygen atoms in total. The number of carbonyl (C=O) groups excluding carboxylic acids is 1. The van der Waals surface area contributed by atoms with E-state index >= 15 is 0 Å². The maximum atomic E-state index is 12.8. The number of rotatable bonds is 4. The van der Waals surface area contributed by atoms with Crippen molar-refractivity contribution in [1.29, 1.82) is 0 Å². The summed E-state index contributed by atoms with van der Waals surface area (Å²) in [4.78, 5) is 18.6. The minimum atomic E-state index is -0.0347. The van der Waals surface area contributed by atoms with Gasteiger partial charge >= 0.3 is 0 Å². The Hall–Kier alpha value is -3.34. The summed E-state index contributed by atoms with van der Waals surface area (Å²) in [5.41, 5.74) is 5.12. The Labute approximate surface area is 163 Å². The molecule has 2 aliphatic rings. The molecular formula is C23H20N2O3. The van der Waals surface area contributed by atoms with Crippen LogP contribution in [0.3, 0.4) is 0 Å². The highest BCUT2D eigenvalue weighted by Crippen LogP contribution is 2.37. The lowest BCUT2D eigenvalue weighted by Gasteiger charge is -2.20. The topological polar surface area (TPSA) is 51.7 Å². The number of hydrogen-bond donors (Lipinski definition) is 0. The predicted molar refractivity (Wildman–Crippen MR) is 106 cm³/mol. The van der Waals surface area contributed by atoms with E-state index in [-0.39, 0.29) is 12.0 Å². The van der Waals surface area contributed by atoms with Crippen LogP contribution in [0, 0.1) is 0 Å². The number of nitrogens with zero attached hydrogens (tertiary/aromatic N) is 2. The highest BCUT2D eigenvalue weighted by Gasteiger charge is 2.30. The van der Waals surface area contributed by atoms with Gasteiger partial charge in [-0.05, 0) is 34.9 Å². The van der Waals surface area contributed by atoms with E-state index in [1.54, 1.807) is 24.4 Å². The summed E-state index contributed by atoms with van der Waals surface area (Å²) >= 11 is 0. The van der Waals surface area contributed by atoms with Gasteiger partial charge in [-0.25, -0.2) is 0 Å². The van der Waals surface area contributed by atoms with Crippen LogP contribution in [0.25, 0.3) is 0 Å². The maximum Gasteiger partial charge on any atom is 0.260 e. The third-order valence-corrected chi connectivity index (χ3v) is 5.48. The molecule has 1 aromatic heterocycles. The number of carbonyl (C=O) groups is 1. The first-order chi connectivity index (χ1) is 13.7. The van der Waals surface area contributed by atoms with Gasteiger partial charge < -0.3 is 14.4 Å². The largest absolute Gasteiger partial charge is 0.493 e. The fourth-order valence-corrected chi connectivity index (χ4v) is 4.06. The number of ether oxygens (including phenoxy) is 2. The number of aromatic nitrogens is 1. The van der Waals surface area contributed by atoms with Crippen molar-refractivity contribution in [3.63, 3.8) is 0 Å². The van der Waals surface area contributed by atoms with Crippen LogP contribution in [0.2, 0.25) is 0 Å². The molecule has 5 heteroatoms. The van der Waals surface area contributed by atoms with Crippen molar-refractivity contribution in [3.8, 4) is 11.5 Å². The van der Waals surface area contributed by atoms with Crippen LogP contribution in [0.5, 0.6) is 11.5 Å². The van der Waals surface area contributed by atoms with Crippen molar-refractivity contribution in [2.24, 2.45) is 0 Å². The van der Waals surface area contributed by atoms with Crippen LogP contribution in [0.4, 0.5) is 5.69 Å². The fourth-order valence-electron chi connectivity index (χ4n) is 4.06. The van der Waals surface area contributed by atoms with E-state index in [2.05, 4.69) is 29.2 Å². The van der Waals surface area contributed by atoms with Gasteiger partial charge in [-0.15, -0.1) is 0 Å². The SMILES string of the molecule is COc1ccc(N2Cc3ccncc3C2=O)cc1OC1Cc2ccccc2C1. The molecule has 0 fully saturated rings. The molecule has 1 aliphatic carbocycles. The zero-order chi connectivity index (χ0) is 19.1. The zero-order valence-electron chi connectivity index (χ0n) is 15.6. The molecule has 0 radical (unpaired) electrons. The van der Waals surface area contributed by atoms with Crippen molar-refractivity contribution in [3.05, 3.63) is 83.2 Å². The number of fused-ring (bicyclic) bond motifs is 2. The van der Waals surface area contributed by atoms with Gasteiger partial charge in [-0.2, -0.15) is 0 Å². The van der Waals surface area contributed by atoms with Crippen LogP contribution in [-0.2, 0) is 19.4 Å². The lowest BCUT2D eigenvalue weighted by Crippen LogP contribution is -2.23. The molecule has 0 N–H and O–H groups in total. The average Bonchev–Trinajstić information content (AvgIpc) is 3.28. The molecule has 140 valence electrons. The molecule has 0 bridgehead atoms. The number of hydrogen-bond acceptors (Lipinski definition) is 4. The van der Waals surface area contributed by atoms with Gasteiger partial charge in [0.15, 0.2) is 11.5 Å². The Morgan fingerprint density at radius 3 is 2.50 bits per heavy atom. The van der Waals surface area contributed by atoms with Crippen LogP contribution in [0.1, 0.15) is 27.0 Å². The van der Waals surface area contributed by atoms with Gasteiger partial charge in [0.1, 0.15) is 6.10 Å². The van der Waals surface area contributed by atoms with Gasteiger partial charge in [0.2, 0.25) is 0 Å². The van der Waals surface area contributed by atoms with Gasteiger partial charge in [0.05, 0.1) is 19.2 Å². The molecule has 2 aromatic carbocycles. The monoisotopic (exact) mass is 372 g/mol. The van der Waals surface area contributed by atoms with Crippen molar-refractivity contribution in [2.45, 2.75) is 25.5 Å². The van der Waals surface area contributed by atoms with Crippen molar-refractivity contribution in [2.75, 3.05) is 12.0 Å². The van der Waals surface area contributed by atoms with Gasteiger partial charge in [-0.1, -0.05) is 24.3 Å². The second-order valence-corrected chi connectivity index (χ2v) is 7.18. The lowest BCUT2D eigenvalue weighted by molar-refractivity contribution is 0.0996. The molecule has 0 saturated carbocycles. The Kier molecular flexibility index (Phi) is 4.01. The summed E-state index contributed by atoms with van der Waals surface area (Å²) < 4.78 is 11.8. The molecule has 0 spiro atoms. The summed E-state index contributed by atoms with van der Waals surface area (Å²) in [6.45, 7) is 0.539. The molecule has 3 aromatic rings. The molecule has 0 saturated heterocycles. The molecule has 0 unspecified atom stereocenters. The summed E-state index contributed by atoms with van der Waals surface area (Å²) in [5, 5.41) is 0. The van der Waals surface area contributed by atoms with Crippen molar-refractivity contribution in [1.82, 2.24) is 4.98 Å². The van der Waals surface area contributed by atoms with Crippen LogP contribution in [-0.4, -0.2) is 24.1 Å². The quantitative estimate of drug-likeness (QED) is 0.699. The Morgan fingerprint density at radius 2 is 1.79 bits per heavy atom. The van der Waals surface area contributed by atoms with Crippen LogP contribution < -0.4 is 14.4 Å². The number of methoxy groups -OCH3 is 1. The molecule has 1 aliphatic heterocycles. The third kappa shape index (κ3) is 2.80. The summed E-state index contributed by atoms with van der Waals surface area (Å²) in [7, 11) is 1.63. The van der Waals surface area contributed by atoms with E-state index in [1.807, 2.05) is 24.3 Å². The highest BCUT2D eigenvalue weighted by molar-refractivity contribution is 6.09. The molecule has 0 atom stereocenters. The normalized spacial score (nSPS) is 15.5. The Bertz CT molecular complexity index is 1040. The first-order valence-electron chi connectivity index (χ1n) is 9.39. The van der Waals surface area contributed by atoms with E-state index in [0.717, 1.165) is 24.1 Å². The smallest absolute Gasteiger partial charge is 0.260 e. The third-order valence-electron chi connectivity index (χ3n) is 5.48. The molecular weight excluding hydrogens is 352 g/mol. The first kappa shape index (κ1) is 16.8. The minimum absolute atomic E-state index is 0.0347. The van der Waals surface area contributed by atoms with Gasteiger partial charge in [-0.3, -0.25) is 9.78 Å². The summed E-state index contributed by atoms with van der Waals surface area (Å²) in [5.74, 6) is 1.30. The molecule has 2 heterocycles.